The molecule has 1 aliphatic heterocycles. The number of Topliss-reactive ketones (excluding diaryl/α,β-unsaturated/α-hetero) is 1. The lowest BCUT2D eigenvalue weighted by molar-refractivity contribution is -0.112. The minimum Gasteiger partial charge on any atom is -0.398 e. The number of hydrogen-bond acceptors (Lipinski definition) is 4. The molecule has 2 aliphatic rings. The Bertz CT molecular complexity index is 668. The van der Waals surface area contributed by atoms with E-state index in [0.717, 1.165) is 35.4 Å². The summed E-state index contributed by atoms with van der Waals surface area (Å²) in [4.78, 5) is 16.9. The maximum atomic E-state index is 12.3. The van der Waals surface area contributed by atoms with Crippen LogP contribution >= 0.6 is 0 Å². The van der Waals surface area contributed by atoms with E-state index < -0.39 is 0 Å². The summed E-state index contributed by atoms with van der Waals surface area (Å²) < 4.78 is 0. The lowest BCUT2D eigenvalue weighted by Crippen LogP contribution is -2.26. The molecule has 0 unspecified atom stereocenters. The molecule has 1 heterocycles. The van der Waals surface area contributed by atoms with E-state index >= 15 is 0 Å². The van der Waals surface area contributed by atoms with Gasteiger partial charge < -0.3 is 11.1 Å². The number of aryl methyl sites for hydroxylation is 1. The van der Waals surface area contributed by atoms with Crippen molar-refractivity contribution in [1.82, 2.24) is 5.32 Å². The molecular formula is C16H17N3O. The molecule has 0 fully saturated rings. The number of nitrogens with one attached hydrogen (secondary N) is 1. The van der Waals surface area contributed by atoms with E-state index in [-0.39, 0.29) is 12.3 Å². The highest BCUT2D eigenvalue weighted by atomic mass is 16.1. The molecule has 102 valence electrons. The van der Waals surface area contributed by atoms with Crippen LogP contribution in [0.2, 0.25) is 0 Å². The summed E-state index contributed by atoms with van der Waals surface area (Å²) in [7, 11) is 0. The number of anilines is 1. The molecule has 4 heteroatoms. The van der Waals surface area contributed by atoms with Gasteiger partial charge in [0.05, 0.1) is 17.9 Å². The highest BCUT2D eigenvalue weighted by Gasteiger charge is 2.22. The minimum absolute atomic E-state index is 0.0292. The number of benzene rings is 1. The van der Waals surface area contributed by atoms with Gasteiger partial charge >= 0.3 is 0 Å². The van der Waals surface area contributed by atoms with Crippen molar-refractivity contribution >= 4 is 17.2 Å². The summed E-state index contributed by atoms with van der Waals surface area (Å²) in [5, 5.41) is 3.16. The molecule has 1 aliphatic carbocycles. The van der Waals surface area contributed by atoms with Crippen LogP contribution in [-0.4, -0.2) is 18.0 Å². The summed E-state index contributed by atoms with van der Waals surface area (Å²) in [5.74, 6) is -0.0292. The molecule has 0 aromatic heterocycles. The highest BCUT2D eigenvalue weighted by molar-refractivity contribution is 6.48. The van der Waals surface area contributed by atoms with Crippen molar-refractivity contribution in [3.63, 3.8) is 0 Å². The first-order valence-electron chi connectivity index (χ1n) is 6.78. The smallest absolute Gasteiger partial charge is 0.200 e. The number of ketones is 1. The van der Waals surface area contributed by atoms with Crippen LogP contribution in [0.25, 0.3) is 0 Å². The van der Waals surface area contributed by atoms with E-state index in [1.54, 1.807) is 0 Å². The Morgan fingerprint density at radius 2 is 2.05 bits per heavy atom. The molecule has 3 N–H and O–H groups in total. The lowest BCUT2D eigenvalue weighted by atomic mass is 10.0. The fraction of sp³-hybridized carbons (Fsp3) is 0.250. The first kappa shape index (κ1) is 12.7. The van der Waals surface area contributed by atoms with Crippen LogP contribution < -0.4 is 11.1 Å². The standard InChI is InChI=1S/C16H17N3O/c1-10-6-7-12(17)11(8-10)16-15(20)9-18-13-4-2-3-5-14(13)19-16/h4-8,18H,2-3,9,17H2,1H3. The molecule has 3 rings (SSSR count). The summed E-state index contributed by atoms with van der Waals surface area (Å²) in [6.07, 6.45) is 6.09. The normalized spacial score (nSPS) is 18.2. The maximum Gasteiger partial charge on any atom is 0.200 e. The van der Waals surface area contributed by atoms with Crippen LogP contribution in [0.3, 0.4) is 0 Å². The average Bonchev–Trinajstić information content (AvgIpc) is 2.61. The first-order chi connectivity index (χ1) is 9.65. The van der Waals surface area contributed by atoms with Crippen molar-refractivity contribution in [2.24, 2.45) is 4.99 Å². The molecule has 0 radical (unpaired) electrons. The number of rotatable bonds is 1. The zero-order chi connectivity index (χ0) is 14.1. The Morgan fingerprint density at radius 3 is 2.90 bits per heavy atom. The Hall–Kier alpha value is -2.36. The van der Waals surface area contributed by atoms with E-state index in [4.69, 9.17) is 5.73 Å². The van der Waals surface area contributed by atoms with E-state index in [1.165, 1.54) is 0 Å². The molecule has 0 bridgehead atoms. The Kier molecular flexibility index (Phi) is 3.14. The number of nitrogens with two attached hydrogens (primary N) is 1. The Balaban J connectivity index is 2.12. The Morgan fingerprint density at radius 1 is 1.25 bits per heavy atom. The molecule has 1 aromatic rings. The van der Waals surface area contributed by atoms with Crippen molar-refractivity contribution < 1.29 is 4.79 Å². The largest absolute Gasteiger partial charge is 0.398 e. The molecule has 0 saturated carbocycles. The maximum absolute atomic E-state index is 12.3. The first-order valence-corrected chi connectivity index (χ1v) is 6.78. The van der Waals surface area contributed by atoms with Gasteiger partial charge in [-0.25, -0.2) is 4.99 Å². The van der Waals surface area contributed by atoms with Crippen LogP contribution in [-0.2, 0) is 4.79 Å². The van der Waals surface area contributed by atoms with E-state index in [0.29, 0.717) is 11.4 Å². The van der Waals surface area contributed by atoms with Crippen molar-refractivity contribution in [3.05, 3.63) is 52.9 Å². The van der Waals surface area contributed by atoms with E-state index in [2.05, 4.69) is 22.5 Å². The van der Waals surface area contributed by atoms with Crippen LogP contribution in [0, 0.1) is 6.92 Å². The fourth-order valence-electron chi connectivity index (χ4n) is 2.46. The number of allylic oxidation sites excluding steroid dienone is 2. The van der Waals surface area contributed by atoms with Gasteiger partial charge in [0.25, 0.3) is 0 Å². The van der Waals surface area contributed by atoms with Gasteiger partial charge in [0, 0.05) is 11.3 Å². The summed E-state index contributed by atoms with van der Waals surface area (Å²) in [5.41, 5.74) is 10.6. The molecule has 4 nitrogen and oxygen atoms in total. The highest BCUT2D eigenvalue weighted by Crippen LogP contribution is 2.23. The van der Waals surface area contributed by atoms with Gasteiger partial charge in [-0.1, -0.05) is 23.8 Å². The second-order valence-electron chi connectivity index (χ2n) is 5.11. The van der Waals surface area contributed by atoms with Crippen molar-refractivity contribution in [1.29, 1.82) is 0 Å². The molecule has 20 heavy (non-hydrogen) atoms. The van der Waals surface area contributed by atoms with E-state index in [9.17, 15) is 4.79 Å². The van der Waals surface area contributed by atoms with Crippen molar-refractivity contribution in [2.75, 3.05) is 12.3 Å². The van der Waals surface area contributed by atoms with Crippen molar-refractivity contribution in [2.45, 2.75) is 19.8 Å². The second-order valence-corrected chi connectivity index (χ2v) is 5.11. The number of hydrogen-bond donors (Lipinski definition) is 2. The molecular weight excluding hydrogens is 250 g/mol. The lowest BCUT2D eigenvalue weighted by Gasteiger charge is -2.11. The zero-order valence-corrected chi connectivity index (χ0v) is 11.4. The number of nitrogen functional groups attached to an aromatic ring is 1. The fourth-order valence-corrected chi connectivity index (χ4v) is 2.46. The van der Waals surface area contributed by atoms with E-state index in [1.807, 2.05) is 25.1 Å². The number of nitrogens with zero attached hydrogens (tertiary/aromatic N) is 1. The molecule has 0 saturated heterocycles. The monoisotopic (exact) mass is 267 g/mol. The van der Waals surface area contributed by atoms with Gasteiger partial charge in [0.15, 0.2) is 0 Å². The van der Waals surface area contributed by atoms with Crippen LogP contribution in [0.15, 0.2) is 46.7 Å². The van der Waals surface area contributed by atoms with Crippen molar-refractivity contribution in [3.8, 4) is 0 Å². The molecule has 0 amide bonds. The van der Waals surface area contributed by atoms with Gasteiger partial charge in [0.1, 0.15) is 5.71 Å². The molecule has 1 aromatic carbocycles. The van der Waals surface area contributed by atoms with Gasteiger partial charge in [-0.3, -0.25) is 4.79 Å². The Labute approximate surface area is 118 Å². The van der Waals surface area contributed by atoms with Gasteiger partial charge in [-0.05, 0) is 31.9 Å². The number of fused-ring (bicyclic) bond motifs is 1. The van der Waals surface area contributed by atoms with Gasteiger partial charge in [-0.2, -0.15) is 0 Å². The third-order valence-corrected chi connectivity index (χ3v) is 3.53. The van der Waals surface area contributed by atoms with Crippen LogP contribution in [0.5, 0.6) is 0 Å². The van der Waals surface area contributed by atoms with Gasteiger partial charge in [-0.15, -0.1) is 0 Å². The summed E-state index contributed by atoms with van der Waals surface area (Å²) in [6, 6.07) is 5.68. The van der Waals surface area contributed by atoms with Crippen LogP contribution in [0.1, 0.15) is 24.0 Å². The summed E-state index contributed by atoms with van der Waals surface area (Å²) in [6.45, 7) is 2.24. The number of aliphatic imine (C=N–C) groups is 1. The predicted octanol–water partition coefficient (Wildman–Crippen LogP) is 2.10. The third kappa shape index (κ3) is 2.25. The second kappa shape index (κ2) is 4.96. The SMILES string of the molecule is Cc1ccc(N)c(C2=NC3=CCCC=C3NCC2=O)c1. The zero-order valence-electron chi connectivity index (χ0n) is 11.4. The van der Waals surface area contributed by atoms with Gasteiger partial charge in [0.2, 0.25) is 5.78 Å². The minimum atomic E-state index is -0.0292. The molecule has 0 spiro atoms. The molecule has 0 atom stereocenters. The third-order valence-electron chi connectivity index (χ3n) is 3.53. The topological polar surface area (TPSA) is 67.5 Å². The quantitative estimate of drug-likeness (QED) is 0.766. The predicted molar refractivity (Wildman–Crippen MR) is 80.5 cm³/mol. The number of carbonyl (C=O) groups excluding carboxylic acids is 1. The summed E-state index contributed by atoms with van der Waals surface area (Å²) >= 11 is 0. The average molecular weight is 267 g/mol. The van der Waals surface area contributed by atoms with Crippen LogP contribution in [0.4, 0.5) is 5.69 Å². The number of carbonyl (C=O) groups is 1.